The number of rotatable bonds is 6. The van der Waals surface area contributed by atoms with Crippen LogP contribution in [-0.2, 0) is 24.3 Å². The van der Waals surface area contributed by atoms with Gasteiger partial charge in [-0.05, 0) is 79.8 Å². The van der Waals surface area contributed by atoms with E-state index in [0.717, 1.165) is 45.4 Å². The molecule has 29 heavy (non-hydrogen) atoms. The normalized spacial score (nSPS) is 22.7. The average molecular weight is 391 g/mol. The van der Waals surface area contributed by atoms with Crippen molar-refractivity contribution in [2.24, 2.45) is 5.92 Å². The Kier molecular flexibility index (Phi) is 6.78. The van der Waals surface area contributed by atoms with E-state index in [4.69, 9.17) is 0 Å². The van der Waals surface area contributed by atoms with Crippen LogP contribution in [0.2, 0.25) is 0 Å². The quantitative estimate of drug-likeness (QED) is 0.731. The highest BCUT2D eigenvalue weighted by atomic mass is 16.1. The summed E-state index contributed by atoms with van der Waals surface area (Å²) in [5, 5.41) is 3.57. The molecule has 0 spiro atoms. The molecule has 0 amide bonds. The molecule has 3 nitrogen and oxygen atoms in total. The number of nitrogens with one attached hydrogen (secondary N) is 1. The van der Waals surface area contributed by atoms with Gasteiger partial charge in [-0.15, -0.1) is 0 Å². The molecule has 0 saturated carbocycles. The Morgan fingerprint density at radius 2 is 2.00 bits per heavy atom. The van der Waals surface area contributed by atoms with Gasteiger partial charge < -0.3 is 10.1 Å². The first-order chi connectivity index (χ1) is 14.2. The van der Waals surface area contributed by atoms with Crippen LogP contribution in [0.15, 0.2) is 42.5 Å². The molecule has 3 heteroatoms. The largest absolute Gasteiger partial charge is 0.313 e. The number of nitrogens with zero attached hydrogens (tertiary/aromatic N) is 1. The molecule has 2 aliphatic rings. The van der Waals surface area contributed by atoms with Crippen molar-refractivity contribution in [1.82, 2.24) is 10.2 Å². The van der Waals surface area contributed by atoms with Crippen molar-refractivity contribution in [3.05, 3.63) is 70.3 Å². The Bertz CT molecular complexity index is 814. The lowest BCUT2D eigenvalue weighted by Gasteiger charge is -2.39. The van der Waals surface area contributed by atoms with Crippen LogP contribution in [0, 0.1) is 12.8 Å². The Balaban J connectivity index is 1.53. The summed E-state index contributed by atoms with van der Waals surface area (Å²) in [5.41, 5.74) is 7.17. The van der Waals surface area contributed by atoms with Crippen molar-refractivity contribution in [2.45, 2.75) is 58.0 Å². The molecule has 0 aliphatic carbocycles. The van der Waals surface area contributed by atoms with E-state index in [1.807, 2.05) is 0 Å². The van der Waals surface area contributed by atoms with Gasteiger partial charge in [0, 0.05) is 26.1 Å². The zero-order valence-corrected chi connectivity index (χ0v) is 17.7. The minimum absolute atomic E-state index is 0.516. The van der Waals surface area contributed by atoms with Gasteiger partial charge in [-0.2, -0.15) is 0 Å². The Hall–Kier alpha value is -1.97. The molecule has 2 aromatic carbocycles. The first-order valence-electron chi connectivity index (χ1n) is 11.3. The lowest BCUT2D eigenvalue weighted by molar-refractivity contribution is -0.108. The van der Waals surface area contributed by atoms with Crippen molar-refractivity contribution < 1.29 is 4.79 Å². The van der Waals surface area contributed by atoms with Gasteiger partial charge >= 0.3 is 0 Å². The topological polar surface area (TPSA) is 32.3 Å². The number of aryl methyl sites for hydroxylation is 2. The SMILES string of the molecule is Cc1ccc(CN2CCC(CCC=O)C(c3ccc4c(c3)CNCCC4)C2)cc1. The lowest BCUT2D eigenvalue weighted by Crippen LogP contribution is -2.39. The van der Waals surface area contributed by atoms with E-state index in [1.54, 1.807) is 0 Å². The van der Waals surface area contributed by atoms with Crippen LogP contribution < -0.4 is 5.32 Å². The van der Waals surface area contributed by atoms with Gasteiger partial charge in [0.05, 0.1) is 0 Å². The number of fused-ring (bicyclic) bond motifs is 1. The van der Waals surface area contributed by atoms with Crippen LogP contribution in [0.4, 0.5) is 0 Å². The van der Waals surface area contributed by atoms with Crippen molar-refractivity contribution in [3.63, 3.8) is 0 Å². The molecule has 2 atom stereocenters. The number of hydrogen-bond acceptors (Lipinski definition) is 3. The number of likely N-dealkylation sites (tertiary alicyclic amines) is 1. The van der Waals surface area contributed by atoms with Crippen LogP contribution >= 0.6 is 0 Å². The van der Waals surface area contributed by atoms with Crippen LogP contribution in [0.3, 0.4) is 0 Å². The van der Waals surface area contributed by atoms with Gasteiger partial charge in [0.25, 0.3) is 0 Å². The molecule has 0 radical (unpaired) electrons. The van der Waals surface area contributed by atoms with Crippen molar-refractivity contribution in [3.8, 4) is 0 Å². The van der Waals surface area contributed by atoms with Crippen molar-refractivity contribution in [1.29, 1.82) is 0 Å². The van der Waals surface area contributed by atoms with Crippen LogP contribution in [0.25, 0.3) is 0 Å². The molecule has 0 bridgehead atoms. The summed E-state index contributed by atoms with van der Waals surface area (Å²) in [7, 11) is 0. The molecular weight excluding hydrogens is 356 g/mol. The van der Waals surface area contributed by atoms with E-state index in [1.165, 1.54) is 47.1 Å². The van der Waals surface area contributed by atoms with Crippen LogP contribution in [0.5, 0.6) is 0 Å². The second-order valence-electron chi connectivity index (χ2n) is 8.93. The smallest absolute Gasteiger partial charge is 0.120 e. The molecular formula is C26H34N2O. The predicted octanol–water partition coefficient (Wildman–Crippen LogP) is 4.62. The molecule has 1 saturated heterocycles. The summed E-state index contributed by atoms with van der Waals surface area (Å²) in [6.45, 7) is 7.47. The minimum Gasteiger partial charge on any atom is -0.313 e. The summed E-state index contributed by atoms with van der Waals surface area (Å²) >= 11 is 0. The Labute approximate surface area is 175 Å². The average Bonchev–Trinajstić information content (AvgIpc) is 2.99. The van der Waals surface area contributed by atoms with E-state index in [-0.39, 0.29) is 0 Å². The highest BCUT2D eigenvalue weighted by Gasteiger charge is 2.30. The number of aldehydes is 1. The maximum Gasteiger partial charge on any atom is 0.120 e. The summed E-state index contributed by atoms with van der Waals surface area (Å²) in [5.74, 6) is 1.12. The fourth-order valence-electron chi connectivity index (χ4n) is 5.08. The molecule has 2 unspecified atom stereocenters. The number of piperidine rings is 1. The molecule has 0 aromatic heterocycles. The monoisotopic (exact) mass is 390 g/mol. The molecule has 1 N–H and O–H groups in total. The lowest BCUT2D eigenvalue weighted by atomic mass is 9.77. The van der Waals surface area contributed by atoms with Crippen LogP contribution in [-0.4, -0.2) is 30.8 Å². The highest BCUT2D eigenvalue weighted by Crippen LogP contribution is 2.37. The van der Waals surface area contributed by atoms with Gasteiger partial charge in [0.1, 0.15) is 6.29 Å². The number of carbonyl (C=O) groups excluding carboxylic acids is 1. The summed E-state index contributed by atoms with van der Waals surface area (Å²) in [6.07, 6.45) is 6.38. The zero-order valence-electron chi connectivity index (χ0n) is 17.7. The Morgan fingerprint density at radius 3 is 2.83 bits per heavy atom. The summed E-state index contributed by atoms with van der Waals surface area (Å²) in [4.78, 5) is 13.6. The first-order valence-corrected chi connectivity index (χ1v) is 11.3. The second-order valence-corrected chi connectivity index (χ2v) is 8.93. The molecule has 2 aliphatic heterocycles. The van der Waals surface area contributed by atoms with Crippen molar-refractivity contribution in [2.75, 3.05) is 19.6 Å². The zero-order chi connectivity index (χ0) is 20.1. The third-order valence-electron chi connectivity index (χ3n) is 6.80. The van der Waals surface area contributed by atoms with Gasteiger partial charge in [0.15, 0.2) is 0 Å². The van der Waals surface area contributed by atoms with Gasteiger partial charge in [-0.1, -0.05) is 48.0 Å². The van der Waals surface area contributed by atoms with Gasteiger partial charge in [-0.3, -0.25) is 4.90 Å². The minimum atomic E-state index is 0.516. The third kappa shape index (κ3) is 5.15. The van der Waals surface area contributed by atoms with E-state index < -0.39 is 0 Å². The molecule has 154 valence electrons. The third-order valence-corrected chi connectivity index (χ3v) is 6.80. The predicted molar refractivity (Wildman–Crippen MR) is 119 cm³/mol. The fourth-order valence-corrected chi connectivity index (χ4v) is 5.08. The highest BCUT2D eigenvalue weighted by molar-refractivity contribution is 5.49. The van der Waals surface area contributed by atoms with Crippen LogP contribution in [0.1, 0.15) is 59.4 Å². The fraction of sp³-hybridized carbons (Fsp3) is 0.500. The number of hydrogen-bond donors (Lipinski definition) is 1. The van der Waals surface area contributed by atoms with E-state index >= 15 is 0 Å². The number of benzene rings is 2. The van der Waals surface area contributed by atoms with E-state index in [0.29, 0.717) is 18.3 Å². The maximum atomic E-state index is 11.0. The second kappa shape index (κ2) is 9.69. The van der Waals surface area contributed by atoms with E-state index in [2.05, 4.69) is 59.6 Å². The van der Waals surface area contributed by atoms with Crippen molar-refractivity contribution >= 4 is 6.29 Å². The maximum absolute atomic E-state index is 11.0. The van der Waals surface area contributed by atoms with Gasteiger partial charge in [0.2, 0.25) is 0 Å². The molecule has 2 aromatic rings. The Morgan fingerprint density at radius 1 is 1.14 bits per heavy atom. The molecule has 2 heterocycles. The number of carbonyl (C=O) groups is 1. The van der Waals surface area contributed by atoms with Gasteiger partial charge in [-0.25, -0.2) is 0 Å². The summed E-state index contributed by atoms with van der Waals surface area (Å²) in [6, 6.07) is 16.1. The van der Waals surface area contributed by atoms with E-state index in [9.17, 15) is 4.79 Å². The standard InChI is InChI=1S/C26H34N2O/c1-20-6-8-21(9-7-20)18-28-14-12-23(5-3-15-29)26(19-28)24-11-10-22-4-2-13-27-17-25(22)16-24/h6-11,15-16,23,26-27H,2-5,12-14,17-19H2,1H3. The molecule has 4 rings (SSSR count). The summed E-state index contributed by atoms with van der Waals surface area (Å²) < 4.78 is 0. The molecule has 1 fully saturated rings. The first kappa shape index (κ1) is 20.3.